The number of carbonyl (C=O) groups is 4. The van der Waals surface area contributed by atoms with Crippen LogP contribution in [0.15, 0.2) is 12.5 Å². The van der Waals surface area contributed by atoms with Crippen LogP contribution < -0.4 is 21.7 Å². The van der Waals surface area contributed by atoms with Crippen LogP contribution in [0.2, 0.25) is 0 Å². The zero-order chi connectivity index (χ0) is 23.6. The molecule has 31 heavy (non-hydrogen) atoms. The minimum absolute atomic E-state index is 0.0182. The van der Waals surface area contributed by atoms with Gasteiger partial charge in [-0.3, -0.25) is 14.4 Å². The van der Waals surface area contributed by atoms with E-state index >= 15 is 0 Å². The van der Waals surface area contributed by atoms with Gasteiger partial charge >= 0.3 is 5.97 Å². The molecular formula is C20H34N6O5. The van der Waals surface area contributed by atoms with Crippen molar-refractivity contribution in [1.29, 1.82) is 0 Å². The van der Waals surface area contributed by atoms with Crippen LogP contribution in [0.25, 0.3) is 0 Å². The Morgan fingerprint density at radius 1 is 1.03 bits per heavy atom. The molecule has 0 bridgehead atoms. The third-order valence-electron chi connectivity index (χ3n) is 5.38. The number of aliphatic carboxylic acids is 1. The van der Waals surface area contributed by atoms with Crippen molar-refractivity contribution >= 4 is 23.7 Å². The van der Waals surface area contributed by atoms with E-state index in [0.717, 1.165) is 0 Å². The molecule has 1 aromatic heterocycles. The van der Waals surface area contributed by atoms with Gasteiger partial charge in [-0.2, -0.15) is 0 Å². The largest absolute Gasteiger partial charge is 0.480 e. The van der Waals surface area contributed by atoms with E-state index in [1.807, 2.05) is 20.8 Å². The first-order valence-corrected chi connectivity index (χ1v) is 10.4. The Morgan fingerprint density at radius 2 is 1.58 bits per heavy atom. The summed E-state index contributed by atoms with van der Waals surface area (Å²) in [7, 11) is 0. The van der Waals surface area contributed by atoms with Gasteiger partial charge < -0.3 is 31.8 Å². The molecule has 0 spiro atoms. The number of carboxylic acids is 1. The average molecular weight is 439 g/mol. The molecule has 1 aromatic rings. The molecule has 0 aliphatic heterocycles. The number of aromatic amines is 1. The number of carbonyl (C=O) groups excluding carboxylic acids is 3. The zero-order valence-electron chi connectivity index (χ0n) is 18.5. The van der Waals surface area contributed by atoms with Crippen molar-refractivity contribution in [1.82, 2.24) is 25.9 Å². The fourth-order valence-electron chi connectivity index (χ4n) is 2.96. The van der Waals surface area contributed by atoms with Crippen LogP contribution in [0.5, 0.6) is 0 Å². The van der Waals surface area contributed by atoms with Gasteiger partial charge in [-0.25, -0.2) is 9.78 Å². The van der Waals surface area contributed by atoms with Gasteiger partial charge in [0.15, 0.2) is 0 Å². The second-order valence-electron chi connectivity index (χ2n) is 7.69. The fourth-order valence-corrected chi connectivity index (χ4v) is 2.96. The van der Waals surface area contributed by atoms with Crippen LogP contribution in [0.4, 0.5) is 0 Å². The van der Waals surface area contributed by atoms with E-state index in [1.54, 1.807) is 6.92 Å². The van der Waals surface area contributed by atoms with E-state index in [9.17, 15) is 24.3 Å². The van der Waals surface area contributed by atoms with Crippen LogP contribution >= 0.6 is 0 Å². The lowest BCUT2D eigenvalue weighted by atomic mass is 9.94. The topological polar surface area (TPSA) is 179 Å². The Kier molecular flexibility index (Phi) is 10.7. The number of H-pyrrole nitrogens is 1. The van der Waals surface area contributed by atoms with Crippen molar-refractivity contribution in [3.05, 3.63) is 18.2 Å². The Hall–Kier alpha value is -2.95. The number of aromatic nitrogens is 2. The maximum absolute atomic E-state index is 12.9. The smallest absolute Gasteiger partial charge is 0.326 e. The van der Waals surface area contributed by atoms with Crippen LogP contribution in [0.3, 0.4) is 0 Å². The first-order chi connectivity index (χ1) is 14.6. The molecule has 0 saturated heterocycles. The molecule has 1 rings (SSSR count). The molecule has 0 fully saturated rings. The molecule has 174 valence electrons. The molecule has 0 aliphatic carbocycles. The summed E-state index contributed by atoms with van der Waals surface area (Å²) in [4.78, 5) is 55.9. The third-order valence-corrected chi connectivity index (χ3v) is 5.38. The number of hydrogen-bond acceptors (Lipinski definition) is 6. The second-order valence-corrected chi connectivity index (χ2v) is 7.69. The van der Waals surface area contributed by atoms with Gasteiger partial charge in [-0.15, -0.1) is 0 Å². The SMILES string of the molecule is CCC(C)C(NC(=O)CN)C(=O)NC(C(=O)NC(Cc1cnc[nH]1)C(=O)O)C(C)CC. The van der Waals surface area contributed by atoms with E-state index < -0.39 is 41.8 Å². The average Bonchev–Trinajstić information content (AvgIpc) is 3.26. The van der Waals surface area contributed by atoms with Crippen molar-refractivity contribution in [2.24, 2.45) is 17.6 Å². The Bertz CT molecular complexity index is 738. The molecule has 3 amide bonds. The summed E-state index contributed by atoms with van der Waals surface area (Å²) in [6.07, 6.45) is 4.11. The van der Waals surface area contributed by atoms with Crippen LogP contribution in [0.1, 0.15) is 46.2 Å². The summed E-state index contributed by atoms with van der Waals surface area (Å²) in [6, 6.07) is -3.03. The molecule has 7 N–H and O–H groups in total. The standard InChI is InChI=1S/C20H34N6O5/c1-5-11(3)16(25-15(27)8-21)19(29)26-17(12(4)6-2)18(28)24-14(20(30)31)7-13-9-22-10-23-13/h9-12,14,16-17H,5-8,21H2,1-4H3,(H,22,23)(H,24,28)(H,25,27)(H,26,29)(H,30,31). The van der Waals surface area contributed by atoms with E-state index in [4.69, 9.17) is 5.73 Å². The van der Waals surface area contributed by atoms with Gasteiger partial charge in [0.25, 0.3) is 0 Å². The van der Waals surface area contributed by atoms with Gasteiger partial charge in [0.05, 0.1) is 12.9 Å². The predicted octanol–water partition coefficient (Wildman–Crippen LogP) is -0.458. The number of imidazole rings is 1. The highest BCUT2D eigenvalue weighted by Gasteiger charge is 2.33. The van der Waals surface area contributed by atoms with Crippen molar-refractivity contribution in [3.63, 3.8) is 0 Å². The fraction of sp³-hybridized carbons (Fsp3) is 0.650. The van der Waals surface area contributed by atoms with E-state index in [-0.39, 0.29) is 24.8 Å². The van der Waals surface area contributed by atoms with Crippen molar-refractivity contribution in [2.45, 2.75) is 65.1 Å². The maximum Gasteiger partial charge on any atom is 0.326 e. The molecule has 11 nitrogen and oxygen atoms in total. The highest BCUT2D eigenvalue weighted by molar-refractivity contribution is 5.93. The molecule has 5 atom stereocenters. The maximum atomic E-state index is 12.9. The number of amides is 3. The highest BCUT2D eigenvalue weighted by atomic mass is 16.4. The highest BCUT2D eigenvalue weighted by Crippen LogP contribution is 2.13. The molecule has 0 radical (unpaired) electrons. The monoisotopic (exact) mass is 438 g/mol. The number of nitrogens with zero attached hydrogens (tertiary/aromatic N) is 1. The van der Waals surface area contributed by atoms with E-state index in [1.165, 1.54) is 12.5 Å². The number of hydrogen-bond donors (Lipinski definition) is 6. The summed E-state index contributed by atoms with van der Waals surface area (Å²) < 4.78 is 0. The van der Waals surface area contributed by atoms with Crippen molar-refractivity contribution in [2.75, 3.05) is 6.54 Å². The van der Waals surface area contributed by atoms with Crippen LogP contribution in [0, 0.1) is 11.8 Å². The van der Waals surface area contributed by atoms with Crippen molar-refractivity contribution in [3.8, 4) is 0 Å². The summed E-state index contributed by atoms with van der Waals surface area (Å²) in [6.45, 7) is 7.07. The van der Waals surface area contributed by atoms with Crippen LogP contribution in [-0.2, 0) is 25.6 Å². The molecule has 1 heterocycles. The quantitative estimate of drug-likeness (QED) is 0.241. The van der Waals surface area contributed by atoms with Crippen LogP contribution in [-0.4, -0.2) is 63.4 Å². The third kappa shape index (κ3) is 8.00. The summed E-state index contributed by atoms with van der Waals surface area (Å²) in [5.41, 5.74) is 5.90. The number of carboxylic acid groups (broad SMARTS) is 1. The van der Waals surface area contributed by atoms with E-state index in [2.05, 4.69) is 25.9 Å². The molecule has 0 aliphatic rings. The zero-order valence-corrected chi connectivity index (χ0v) is 18.5. The lowest BCUT2D eigenvalue weighted by molar-refractivity contribution is -0.142. The lowest BCUT2D eigenvalue weighted by Crippen LogP contribution is -2.59. The summed E-state index contributed by atoms with van der Waals surface area (Å²) in [5.74, 6) is -3.27. The van der Waals surface area contributed by atoms with Gasteiger partial charge in [0.1, 0.15) is 18.1 Å². The van der Waals surface area contributed by atoms with Gasteiger partial charge in [0.2, 0.25) is 17.7 Å². The van der Waals surface area contributed by atoms with Gasteiger partial charge in [0, 0.05) is 18.3 Å². The Morgan fingerprint density at radius 3 is 2.03 bits per heavy atom. The number of nitrogens with two attached hydrogens (primary N) is 1. The second kappa shape index (κ2) is 12.7. The number of rotatable bonds is 13. The molecule has 11 heteroatoms. The molecule has 0 saturated carbocycles. The first-order valence-electron chi connectivity index (χ1n) is 10.4. The Labute approximate surface area is 181 Å². The first kappa shape index (κ1) is 26.1. The predicted molar refractivity (Wildman–Crippen MR) is 114 cm³/mol. The Balaban J connectivity index is 2.99. The molecule has 0 aromatic carbocycles. The minimum Gasteiger partial charge on any atom is -0.480 e. The minimum atomic E-state index is -1.20. The lowest BCUT2D eigenvalue weighted by Gasteiger charge is -2.29. The molecular weight excluding hydrogens is 404 g/mol. The summed E-state index contributed by atoms with van der Waals surface area (Å²) in [5, 5.41) is 17.3. The van der Waals surface area contributed by atoms with Gasteiger partial charge in [-0.1, -0.05) is 40.5 Å². The van der Waals surface area contributed by atoms with E-state index in [0.29, 0.717) is 18.5 Å². The van der Waals surface area contributed by atoms with Crippen molar-refractivity contribution < 1.29 is 24.3 Å². The summed E-state index contributed by atoms with van der Waals surface area (Å²) >= 11 is 0. The normalized spacial score (nSPS) is 15.8. The van der Waals surface area contributed by atoms with Gasteiger partial charge in [-0.05, 0) is 11.8 Å². The molecule has 5 unspecified atom stereocenters. The number of nitrogens with one attached hydrogen (secondary N) is 4.